The molecule has 4 nitrogen and oxygen atoms in total. The van der Waals surface area contributed by atoms with Crippen LogP contribution in [0.2, 0.25) is 0 Å². The van der Waals surface area contributed by atoms with Gasteiger partial charge in [0.1, 0.15) is 0 Å². The van der Waals surface area contributed by atoms with Gasteiger partial charge in [0.2, 0.25) is 10.0 Å². The van der Waals surface area contributed by atoms with Crippen LogP contribution in [0.15, 0.2) is 24.3 Å². The van der Waals surface area contributed by atoms with Crippen LogP contribution in [0.25, 0.3) is 0 Å². The quantitative estimate of drug-likeness (QED) is 0.764. The summed E-state index contributed by atoms with van der Waals surface area (Å²) in [5, 5.41) is 0. The Morgan fingerprint density at radius 1 is 1.17 bits per heavy atom. The van der Waals surface area contributed by atoms with E-state index in [1.165, 1.54) is 9.87 Å². The molecule has 0 fully saturated rings. The fraction of sp³-hybridized carbons (Fsp3) is 0.538. The first-order valence-electron chi connectivity index (χ1n) is 6.15. The first kappa shape index (κ1) is 15.1. The van der Waals surface area contributed by atoms with Gasteiger partial charge in [0.25, 0.3) is 0 Å². The second-order valence-corrected chi connectivity index (χ2v) is 6.75. The lowest BCUT2D eigenvalue weighted by molar-refractivity contribution is 0.464. The van der Waals surface area contributed by atoms with Crippen LogP contribution >= 0.6 is 0 Å². The highest BCUT2D eigenvalue weighted by atomic mass is 32.2. The van der Waals surface area contributed by atoms with Crippen LogP contribution in [0.5, 0.6) is 0 Å². The summed E-state index contributed by atoms with van der Waals surface area (Å²) in [6.07, 6.45) is 1.37. The van der Waals surface area contributed by atoms with Crippen molar-refractivity contribution in [1.82, 2.24) is 4.31 Å². The molecule has 0 spiro atoms. The maximum atomic E-state index is 12.0. The van der Waals surface area contributed by atoms with E-state index in [0.29, 0.717) is 19.5 Å². The van der Waals surface area contributed by atoms with E-state index in [0.717, 1.165) is 12.0 Å². The first-order chi connectivity index (χ1) is 8.45. The summed E-state index contributed by atoms with van der Waals surface area (Å²) in [6.45, 7) is 2.97. The van der Waals surface area contributed by atoms with Crippen molar-refractivity contribution in [2.45, 2.75) is 26.3 Å². The third kappa shape index (κ3) is 4.76. The standard InChI is InChI=1S/C13H22N2O2S/c1-12-5-7-13(8-6-12)11-15(2)18(16,17)10-4-3-9-14/h5-8H,3-4,9-11,14H2,1-2H3. The molecule has 0 aliphatic carbocycles. The molecule has 0 heterocycles. The molecule has 0 unspecified atom stereocenters. The Balaban J connectivity index is 2.58. The number of nitrogens with two attached hydrogens (primary N) is 1. The van der Waals surface area contributed by atoms with Crippen LogP contribution in [0.1, 0.15) is 24.0 Å². The summed E-state index contributed by atoms with van der Waals surface area (Å²) in [5.41, 5.74) is 7.54. The van der Waals surface area contributed by atoms with Crippen molar-refractivity contribution in [2.24, 2.45) is 5.73 Å². The third-order valence-corrected chi connectivity index (χ3v) is 4.74. The van der Waals surface area contributed by atoms with Crippen molar-refractivity contribution in [1.29, 1.82) is 0 Å². The summed E-state index contributed by atoms with van der Waals surface area (Å²) in [5.74, 6) is 0.173. The van der Waals surface area contributed by atoms with Crippen LogP contribution in [0.4, 0.5) is 0 Å². The van der Waals surface area contributed by atoms with E-state index in [2.05, 4.69) is 0 Å². The molecule has 0 aliphatic rings. The predicted molar refractivity (Wildman–Crippen MR) is 74.7 cm³/mol. The minimum absolute atomic E-state index is 0.173. The van der Waals surface area contributed by atoms with Gasteiger partial charge in [-0.05, 0) is 31.9 Å². The molecule has 18 heavy (non-hydrogen) atoms. The maximum Gasteiger partial charge on any atom is 0.214 e. The van der Waals surface area contributed by atoms with Crippen LogP contribution < -0.4 is 5.73 Å². The molecule has 0 saturated heterocycles. The molecular weight excluding hydrogens is 248 g/mol. The molecule has 5 heteroatoms. The zero-order chi connectivity index (χ0) is 13.6. The highest BCUT2D eigenvalue weighted by Gasteiger charge is 2.17. The van der Waals surface area contributed by atoms with E-state index in [1.54, 1.807) is 7.05 Å². The van der Waals surface area contributed by atoms with Gasteiger partial charge < -0.3 is 5.73 Å². The molecule has 0 bridgehead atoms. The van der Waals surface area contributed by atoms with Crippen molar-refractivity contribution in [3.63, 3.8) is 0 Å². The minimum Gasteiger partial charge on any atom is -0.330 e. The molecule has 2 N–H and O–H groups in total. The van der Waals surface area contributed by atoms with Gasteiger partial charge in [0.15, 0.2) is 0 Å². The summed E-state index contributed by atoms with van der Waals surface area (Å²) in [7, 11) is -1.54. The summed E-state index contributed by atoms with van der Waals surface area (Å²) >= 11 is 0. The number of hydrogen-bond acceptors (Lipinski definition) is 3. The topological polar surface area (TPSA) is 63.4 Å². The second kappa shape index (κ2) is 6.87. The van der Waals surface area contributed by atoms with E-state index in [-0.39, 0.29) is 5.75 Å². The molecule has 0 atom stereocenters. The van der Waals surface area contributed by atoms with Crippen LogP contribution in [-0.4, -0.2) is 32.1 Å². The largest absolute Gasteiger partial charge is 0.330 e. The van der Waals surface area contributed by atoms with Crippen molar-refractivity contribution >= 4 is 10.0 Å². The number of nitrogens with zero attached hydrogens (tertiary/aromatic N) is 1. The zero-order valence-electron chi connectivity index (χ0n) is 11.1. The van der Waals surface area contributed by atoms with Gasteiger partial charge in [-0.2, -0.15) is 0 Å². The van der Waals surface area contributed by atoms with Gasteiger partial charge in [-0.25, -0.2) is 12.7 Å². The summed E-state index contributed by atoms with van der Waals surface area (Å²) < 4.78 is 25.3. The van der Waals surface area contributed by atoms with Gasteiger partial charge in [-0.15, -0.1) is 0 Å². The first-order valence-corrected chi connectivity index (χ1v) is 7.76. The van der Waals surface area contributed by atoms with E-state index in [4.69, 9.17) is 5.73 Å². The molecule has 0 saturated carbocycles. The van der Waals surface area contributed by atoms with Crippen molar-refractivity contribution in [3.05, 3.63) is 35.4 Å². The summed E-state index contributed by atoms with van der Waals surface area (Å²) in [6, 6.07) is 7.90. The van der Waals surface area contributed by atoms with Crippen molar-refractivity contribution < 1.29 is 8.42 Å². The van der Waals surface area contributed by atoms with E-state index < -0.39 is 10.0 Å². The monoisotopic (exact) mass is 270 g/mol. The Morgan fingerprint density at radius 2 is 1.78 bits per heavy atom. The molecule has 0 radical (unpaired) electrons. The number of rotatable bonds is 7. The molecule has 1 aromatic carbocycles. The lowest BCUT2D eigenvalue weighted by Gasteiger charge is -2.17. The Bertz CT molecular complexity index is 454. The zero-order valence-corrected chi connectivity index (χ0v) is 11.9. The molecule has 0 aromatic heterocycles. The molecule has 0 amide bonds. The number of aryl methyl sites for hydroxylation is 1. The van der Waals surface area contributed by atoms with Crippen molar-refractivity contribution in [3.8, 4) is 0 Å². The third-order valence-electron chi connectivity index (χ3n) is 2.86. The van der Waals surface area contributed by atoms with Gasteiger partial charge in [0.05, 0.1) is 5.75 Å². The van der Waals surface area contributed by atoms with Crippen molar-refractivity contribution in [2.75, 3.05) is 19.3 Å². The van der Waals surface area contributed by atoms with E-state index in [1.807, 2.05) is 31.2 Å². The van der Waals surface area contributed by atoms with Crippen LogP contribution in [-0.2, 0) is 16.6 Å². The lowest BCUT2D eigenvalue weighted by Crippen LogP contribution is -2.29. The average Bonchev–Trinajstić information content (AvgIpc) is 2.32. The van der Waals surface area contributed by atoms with E-state index >= 15 is 0 Å². The highest BCUT2D eigenvalue weighted by molar-refractivity contribution is 7.89. The number of hydrogen-bond donors (Lipinski definition) is 1. The Labute approximate surface area is 110 Å². The Morgan fingerprint density at radius 3 is 2.33 bits per heavy atom. The molecule has 1 aromatic rings. The fourth-order valence-corrected chi connectivity index (χ4v) is 2.86. The Hall–Kier alpha value is -0.910. The SMILES string of the molecule is Cc1ccc(CN(C)S(=O)(=O)CCCCN)cc1. The Kier molecular flexibility index (Phi) is 5.78. The normalized spacial score (nSPS) is 12.0. The number of sulfonamides is 1. The van der Waals surface area contributed by atoms with Crippen LogP contribution in [0, 0.1) is 6.92 Å². The van der Waals surface area contributed by atoms with Gasteiger partial charge in [-0.3, -0.25) is 0 Å². The lowest BCUT2D eigenvalue weighted by atomic mass is 10.1. The molecular formula is C13H22N2O2S. The van der Waals surface area contributed by atoms with E-state index in [9.17, 15) is 8.42 Å². The number of benzene rings is 1. The van der Waals surface area contributed by atoms with Gasteiger partial charge >= 0.3 is 0 Å². The molecule has 102 valence electrons. The van der Waals surface area contributed by atoms with Gasteiger partial charge in [0, 0.05) is 13.6 Å². The minimum atomic E-state index is -3.16. The smallest absolute Gasteiger partial charge is 0.214 e. The van der Waals surface area contributed by atoms with Gasteiger partial charge in [-0.1, -0.05) is 29.8 Å². The average molecular weight is 270 g/mol. The predicted octanol–water partition coefficient (Wildman–Crippen LogP) is 1.50. The molecule has 0 aliphatic heterocycles. The maximum absolute atomic E-state index is 12.0. The number of unbranched alkanes of at least 4 members (excludes halogenated alkanes) is 1. The molecule has 1 rings (SSSR count). The van der Waals surface area contributed by atoms with Crippen LogP contribution in [0.3, 0.4) is 0 Å². The second-order valence-electron chi connectivity index (χ2n) is 4.55. The fourth-order valence-electron chi connectivity index (χ4n) is 1.63. The highest BCUT2D eigenvalue weighted by Crippen LogP contribution is 2.10. The summed E-state index contributed by atoms with van der Waals surface area (Å²) in [4.78, 5) is 0.